The predicted octanol–water partition coefficient (Wildman–Crippen LogP) is 5.45. The molecule has 4 rings (SSSR count). The zero-order chi connectivity index (χ0) is 19.3. The van der Waals surface area contributed by atoms with Crippen LogP contribution in [0.3, 0.4) is 0 Å². The Kier molecular flexibility index (Phi) is 5.55. The number of carbonyl (C=O) groups is 1. The molecule has 2 heterocycles. The molecule has 0 aliphatic rings. The lowest BCUT2D eigenvalue weighted by Crippen LogP contribution is -2.13. The summed E-state index contributed by atoms with van der Waals surface area (Å²) < 4.78 is 5.99. The number of ether oxygens (including phenoxy) is 1. The summed E-state index contributed by atoms with van der Waals surface area (Å²) in [5.41, 5.74) is 1.88. The Morgan fingerprint density at radius 3 is 2.64 bits per heavy atom. The van der Waals surface area contributed by atoms with Gasteiger partial charge < -0.3 is 10.1 Å². The van der Waals surface area contributed by atoms with Crippen molar-refractivity contribution in [2.45, 2.75) is 0 Å². The maximum absolute atomic E-state index is 11.7. The summed E-state index contributed by atoms with van der Waals surface area (Å²) in [6, 6.07) is 19.5. The minimum atomic E-state index is -0.0228. The molecule has 0 spiro atoms. The van der Waals surface area contributed by atoms with E-state index in [2.05, 4.69) is 33.5 Å². The number of nitrogens with zero attached hydrogens (tertiary/aromatic N) is 2. The first-order valence-electron chi connectivity index (χ1n) is 8.59. The van der Waals surface area contributed by atoms with Gasteiger partial charge >= 0.3 is 0 Å². The Morgan fingerprint density at radius 1 is 1.11 bits per heavy atom. The van der Waals surface area contributed by atoms with Gasteiger partial charge in [-0.1, -0.05) is 30.3 Å². The van der Waals surface area contributed by atoms with Crippen LogP contribution >= 0.6 is 23.1 Å². The third kappa shape index (κ3) is 4.16. The van der Waals surface area contributed by atoms with E-state index in [1.54, 1.807) is 11.3 Å². The molecule has 5 nitrogen and oxygen atoms in total. The molecular weight excluding hydrogens is 390 g/mol. The highest BCUT2D eigenvalue weighted by Crippen LogP contribution is 2.37. The molecule has 0 unspecified atom stereocenters. The number of fused-ring (bicyclic) bond motifs is 1. The molecule has 0 atom stereocenters. The van der Waals surface area contributed by atoms with Gasteiger partial charge in [0.15, 0.2) is 0 Å². The standard InChI is InChI=1S/C21H17N3O2S2/c1-27-12-19(25)24-15-7-9-16(10-8-15)26-20-17-11-18(14-5-3-2-4-6-14)28-21(17)23-13-22-20/h2-11,13H,12H2,1H3,(H,24,25). The van der Waals surface area contributed by atoms with Gasteiger partial charge in [0, 0.05) is 10.6 Å². The fourth-order valence-corrected chi connectivity index (χ4v) is 4.04. The van der Waals surface area contributed by atoms with Crippen molar-refractivity contribution in [3.05, 3.63) is 67.0 Å². The Labute approximate surface area is 170 Å². The van der Waals surface area contributed by atoms with E-state index >= 15 is 0 Å². The maximum atomic E-state index is 11.7. The molecule has 7 heteroatoms. The van der Waals surface area contributed by atoms with Crippen molar-refractivity contribution in [3.8, 4) is 22.1 Å². The first-order valence-corrected chi connectivity index (χ1v) is 10.8. The second-order valence-electron chi connectivity index (χ2n) is 5.98. The van der Waals surface area contributed by atoms with Crippen molar-refractivity contribution in [2.24, 2.45) is 0 Å². The molecule has 0 fully saturated rings. The molecular formula is C21H17N3O2S2. The molecule has 140 valence electrons. The van der Waals surface area contributed by atoms with Crippen LogP contribution in [0, 0.1) is 0 Å². The number of amides is 1. The van der Waals surface area contributed by atoms with Crippen LogP contribution in [0.1, 0.15) is 0 Å². The fraction of sp³-hybridized carbons (Fsp3) is 0.0952. The summed E-state index contributed by atoms with van der Waals surface area (Å²) in [6.07, 6.45) is 3.41. The van der Waals surface area contributed by atoms with E-state index in [9.17, 15) is 4.79 Å². The number of benzene rings is 2. The van der Waals surface area contributed by atoms with Crippen LogP contribution in [0.2, 0.25) is 0 Å². The first-order chi connectivity index (χ1) is 13.7. The average molecular weight is 408 g/mol. The molecule has 28 heavy (non-hydrogen) atoms. The van der Waals surface area contributed by atoms with Crippen molar-refractivity contribution in [1.82, 2.24) is 9.97 Å². The lowest BCUT2D eigenvalue weighted by Gasteiger charge is -2.07. The number of thioether (sulfide) groups is 1. The quantitative estimate of drug-likeness (QED) is 0.460. The largest absolute Gasteiger partial charge is 0.438 e. The minimum Gasteiger partial charge on any atom is -0.438 e. The highest BCUT2D eigenvalue weighted by atomic mass is 32.2. The van der Waals surface area contributed by atoms with Gasteiger partial charge in [-0.05, 0) is 42.2 Å². The molecule has 0 saturated heterocycles. The van der Waals surface area contributed by atoms with Gasteiger partial charge in [0.1, 0.15) is 16.9 Å². The van der Waals surface area contributed by atoms with Crippen molar-refractivity contribution < 1.29 is 9.53 Å². The minimum absolute atomic E-state index is 0.0228. The van der Waals surface area contributed by atoms with Crippen LogP contribution < -0.4 is 10.1 Å². The molecule has 0 saturated carbocycles. The molecule has 2 aromatic heterocycles. The van der Waals surface area contributed by atoms with Crippen LogP contribution in [0.5, 0.6) is 11.6 Å². The summed E-state index contributed by atoms with van der Waals surface area (Å²) in [7, 11) is 0. The van der Waals surface area contributed by atoms with Gasteiger partial charge in [0.25, 0.3) is 0 Å². The predicted molar refractivity (Wildman–Crippen MR) is 116 cm³/mol. The zero-order valence-electron chi connectivity index (χ0n) is 15.1. The van der Waals surface area contributed by atoms with E-state index in [1.165, 1.54) is 18.1 Å². The summed E-state index contributed by atoms with van der Waals surface area (Å²) in [5, 5.41) is 3.72. The van der Waals surface area contributed by atoms with Gasteiger partial charge in [-0.2, -0.15) is 11.8 Å². The summed E-state index contributed by atoms with van der Waals surface area (Å²) in [4.78, 5) is 22.3. The SMILES string of the molecule is CSCC(=O)Nc1ccc(Oc2ncnc3sc(-c4ccccc4)cc23)cc1. The molecule has 0 aliphatic heterocycles. The number of aromatic nitrogens is 2. The second-order valence-corrected chi connectivity index (χ2v) is 7.88. The number of carbonyl (C=O) groups excluding carboxylic acids is 1. The van der Waals surface area contributed by atoms with E-state index in [0.717, 1.165) is 26.3 Å². The smallest absolute Gasteiger partial charge is 0.234 e. The van der Waals surface area contributed by atoms with Gasteiger partial charge in [-0.25, -0.2) is 9.97 Å². The molecule has 0 bridgehead atoms. The topological polar surface area (TPSA) is 64.1 Å². The molecule has 1 amide bonds. The van der Waals surface area contributed by atoms with E-state index in [-0.39, 0.29) is 5.91 Å². The van der Waals surface area contributed by atoms with Gasteiger partial charge in [0.2, 0.25) is 11.8 Å². The highest BCUT2D eigenvalue weighted by molar-refractivity contribution is 7.99. The van der Waals surface area contributed by atoms with Gasteiger partial charge in [-0.3, -0.25) is 4.79 Å². The second kappa shape index (κ2) is 8.41. The van der Waals surface area contributed by atoms with E-state index in [1.807, 2.05) is 48.7 Å². The molecule has 0 aliphatic carbocycles. The molecule has 4 aromatic rings. The van der Waals surface area contributed by atoms with Crippen LogP contribution in [0.15, 0.2) is 67.0 Å². The van der Waals surface area contributed by atoms with Crippen molar-refractivity contribution in [3.63, 3.8) is 0 Å². The van der Waals surface area contributed by atoms with Gasteiger partial charge in [-0.15, -0.1) is 11.3 Å². The highest BCUT2D eigenvalue weighted by Gasteiger charge is 2.12. The third-order valence-electron chi connectivity index (χ3n) is 3.98. The fourth-order valence-electron chi connectivity index (χ4n) is 2.71. The first kappa shape index (κ1) is 18.5. The number of anilines is 1. The maximum Gasteiger partial charge on any atom is 0.234 e. The van der Waals surface area contributed by atoms with E-state index in [0.29, 0.717) is 17.4 Å². The Morgan fingerprint density at radius 2 is 1.89 bits per heavy atom. The molecule has 1 N–H and O–H groups in total. The number of rotatable bonds is 6. The van der Waals surface area contributed by atoms with Crippen LogP contribution in [0.25, 0.3) is 20.7 Å². The number of nitrogens with one attached hydrogen (secondary N) is 1. The third-order valence-corrected chi connectivity index (χ3v) is 5.62. The Bertz CT molecular complexity index is 1100. The summed E-state index contributed by atoms with van der Waals surface area (Å²) in [5.74, 6) is 1.57. The zero-order valence-corrected chi connectivity index (χ0v) is 16.7. The summed E-state index contributed by atoms with van der Waals surface area (Å²) >= 11 is 3.09. The van der Waals surface area contributed by atoms with Crippen molar-refractivity contribution in [2.75, 3.05) is 17.3 Å². The lowest BCUT2D eigenvalue weighted by molar-refractivity contribution is -0.113. The lowest BCUT2D eigenvalue weighted by atomic mass is 10.2. The Balaban J connectivity index is 1.56. The van der Waals surface area contributed by atoms with Gasteiger partial charge in [0.05, 0.1) is 11.1 Å². The molecule has 0 radical (unpaired) electrons. The van der Waals surface area contributed by atoms with Crippen molar-refractivity contribution >= 4 is 44.9 Å². The molecule has 2 aromatic carbocycles. The van der Waals surface area contributed by atoms with Crippen LogP contribution in [-0.2, 0) is 4.79 Å². The normalized spacial score (nSPS) is 10.8. The van der Waals surface area contributed by atoms with Crippen LogP contribution in [-0.4, -0.2) is 27.9 Å². The number of thiophene rings is 1. The van der Waals surface area contributed by atoms with Crippen LogP contribution in [0.4, 0.5) is 5.69 Å². The monoisotopic (exact) mass is 407 g/mol. The Hall–Kier alpha value is -2.90. The summed E-state index contributed by atoms with van der Waals surface area (Å²) in [6.45, 7) is 0. The number of hydrogen-bond acceptors (Lipinski definition) is 6. The number of hydrogen-bond donors (Lipinski definition) is 1. The van der Waals surface area contributed by atoms with E-state index in [4.69, 9.17) is 4.74 Å². The van der Waals surface area contributed by atoms with Crippen molar-refractivity contribution in [1.29, 1.82) is 0 Å². The van der Waals surface area contributed by atoms with E-state index < -0.39 is 0 Å². The average Bonchev–Trinajstić information content (AvgIpc) is 3.16.